The number of unbranched alkanes of at least 4 members (excludes halogenated alkanes) is 1. The van der Waals surface area contributed by atoms with Gasteiger partial charge in [-0.2, -0.15) is 27.2 Å². The number of anilines is 2. The number of hydrogen-bond acceptors (Lipinski definition) is 11. The molecule has 0 bridgehead atoms. The Balaban J connectivity index is 1.37. The van der Waals surface area contributed by atoms with Crippen LogP contribution >= 0.6 is 0 Å². The zero-order valence-electron chi connectivity index (χ0n) is 29.0. The number of aryl methyl sites for hydroxylation is 1. The number of aliphatic imine (C=N–C) groups is 1. The van der Waals surface area contributed by atoms with E-state index in [1.807, 2.05) is 50.8 Å². The van der Waals surface area contributed by atoms with E-state index in [4.69, 9.17) is 19.6 Å². The van der Waals surface area contributed by atoms with Gasteiger partial charge in [-0.1, -0.05) is 26.8 Å². The van der Waals surface area contributed by atoms with Gasteiger partial charge >= 0.3 is 0 Å². The lowest BCUT2D eigenvalue weighted by molar-refractivity contribution is 0.102. The molecule has 5 rings (SSSR count). The quantitative estimate of drug-likeness (QED) is 0.114. The van der Waals surface area contributed by atoms with Crippen molar-refractivity contribution < 1.29 is 30.7 Å². The number of hydrogen-bond donors (Lipinski definition) is 3. The van der Waals surface area contributed by atoms with Crippen LogP contribution < -0.4 is 10.2 Å². The predicted octanol–water partition coefficient (Wildman–Crippen LogP) is 5.53. The highest BCUT2D eigenvalue weighted by Gasteiger charge is 2.35. The lowest BCUT2D eigenvalue weighted by atomic mass is 9.87. The molecule has 0 aliphatic carbocycles. The number of carbonyl (C=O) groups is 1. The highest BCUT2D eigenvalue weighted by molar-refractivity contribution is 7.86. The summed E-state index contributed by atoms with van der Waals surface area (Å²) >= 11 is 0. The molecule has 0 unspecified atom stereocenters. The highest BCUT2D eigenvalue weighted by Crippen LogP contribution is 2.31. The van der Waals surface area contributed by atoms with Gasteiger partial charge in [0.1, 0.15) is 5.71 Å². The molecule has 17 heteroatoms. The molecule has 1 aromatic heterocycles. The SMILES string of the molecule is Cc1cc(N(CCC#N)CCCCS(=O)(=O)O)ccc1N=C1C(C(C)(C)C)=Nn2nc(-c3ccc(NC(=O)c4cccc(S(=O)(=O)O)c4)cc3)nc21. The van der Waals surface area contributed by atoms with E-state index < -0.39 is 31.6 Å². The number of aromatic nitrogens is 3. The van der Waals surface area contributed by atoms with Gasteiger partial charge in [-0.3, -0.25) is 13.9 Å². The van der Waals surface area contributed by atoms with Gasteiger partial charge in [0, 0.05) is 41.0 Å². The summed E-state index contributed by atoms with van der Waals surface area (Å²) < 4.78 is 63.6. The van der Waals surface area contributed by atoms with Crippen LogP contribution in [0.2, 0.25) is 0 Å². The molecule has 1 aliphatic heterocycles. The Labute approximate surface area is 302 Å². The van der Waals surface area contributed by atoms with E-state index in [1.165, 1.54) is 23.0 Å². The van der Waals surface area contributed by atoms with Gasteiger partial charge in [0.2, 0.25) is 5.82 Å². The first-order valence-corrected chi connectivity index (χ1v) is 19.3. The molecule has 0 saturated carbocycles. The molecular weight excluding hydrogens is 709 g/mol. The van der Waals surface area contributed by atoms with Crippen LogP contribution in [-0.4, -0.2) is 77.0 Å². The summed E-state index contributed by atoms with van der Waals surface area (Å²) in [6.07, 6.45) is 1.10. The van der Waals surface area contributed by atoms with E-state index in [2.05, 4.69) is 16.5 Å². The van der Waals surface area contributed by atoms with Crippen molar-refractivity contribution >= 4 is 54.6 Å². The summed E-state index contributed by atoms with van der Waals surface area (Å²) in [7, 11) is -8.50. The maximum absolute atomic E-state index is 12.8. The molecule has 52 heavy (non-hydrogen) atoms. The number of nitrogens with zero attached hydrogens (tertiary/aromatic N) is 7. The fourth-order valence-corrected chi connectivity index (χ4v) is 6.52. The van der Waals surface area contributed by atoms with E-state index in [0.29, 0.717) is 65.9 Å². The molecule has 4 aromatic rings. The number of nitriles is 1. The summed E-state index contributed by atoms with van der Waals surface area (Å²) in [6, 6.07) is 19.7. The fraction of sp³-hybridized carbons (Fsp3) is 0.314. The van der Waals surface area contributed by atoms with E-state index in [9.17, 15) is 31.4 Å². The van der Waals surface area contributed by atoms with Crippen molar-refractivity contribution in [3.8, 4) is 17.5 Å². The molecule has 0 fully saturated rings. The first kappa shape index (κ1) is 38.0. The third-order valence-electron chi connectivity index (χ3n) is 8.08. The van der Waals surface area contributed by atoms with Gasteiger partial charge in [-0.05, 0) is 86.0 Å². The Kier molecular flexibility index (Phi) is 11.1. The largest absolute Gasteiger partial charge is 0.370 e. The topological polar surface area (TPSA) is 220 Å². The monoisotopic (exact) mass is 746 g/mol. The number of rotatable bonds is 13. The Morgan fingerprint density at radius 1 is 1.00 bits per heavy atom. The third-order valence-corrected chi connectivity index (χ3v) is 9.73. The van der Waals surface area contributed by atoms with Gasteiger partial charge in [-0.15, -0.1) is 9.89 Å². The van der Waals surface area contributed by atoms with Crippen molar-refractivity contribution in [3.05, 3.63) is 83.7 Å². The van der Waals surface area contributed by atoms with E-state index >= 15 is 0 Å². The van der Waals surface area contributed by atoms with Crippen LogP contribution in [0.15, 0.2) is 81.7 Å². The van der Waals surface area contributed by atoms with Crippen LogP contribution in [0.5, 0.6) is 0 Å². The minimum atomic E-state index is -4.46. The van der Waals surface area contributed by atoms with Gasteiger partial charge in [-0.25, -0.2) is 9.98 Å². The lowest BCUT2D eigenvalue weighted by Crippen LogP contribution is -2.27. The van der Waals surface area contributed by atoms with Crippen molar-refractivity contribution in [2.75, 3.05) is 29.1 Å². The summed E-state index contributed by atoms with van der Waals surface area (Å²) in [5.74, 6) is -0.0426. The van der Waals surface area contributed by atoms with Gasteiger partial charge in [0.05, 0.1) is 34.5 Å². The Hall–Kier alpha value is -5.28. The summed E-state index contributed by atoms with van der Waals surface area (Å²) in [4.78, 5) is 25.6. The molecule has 3 N–H and O–H groups in total. The average Bonchev–Trinajstić information content (AvgIpc) is 3.64. The van der Waals surface area contributed by atoms with Crippen molar-refractivity contribution in [1.29, 1.82) is 5.26 Å². The van der Waals surface area contributed by atoms with Crippen LogP contribution in [-0.2, 0) is 20.2 Å². The molecule has 0 radical (unpaired) electrons. The molecule has 0 spiro atoms. The van der Waals surface area contributed by atoms with Crippen LogP contribution in [0.4, 0.5) is 17.1 Å². The normalized spacial score (nSPS) is 13.8. The van der Waals surface area contributed by atoms with Gasteiger partial charge < -0.3 is 10.2 Å². The minimum absolute atomic E-state index is 0.0562. The molecule has 0 saturated heterocycles. The van der Waals surface area contributed by atoms with Crippen LogP contribution in [0.25, 0.3) is 11.4 Å². The number of carbonyl (C=O) groups excluding carboxylic acids is 1. The number of fused-ring (bicyclic) bond motifs is 1. The molecule has 1 aliphatic rings. The second-order valence-electron chi connectivity index (χ2n) is 13.2. The smallest absolute Gasteiger partial charge is 0.294 e. The maximum atomic E-state index is 12.8. The molecule has 272 valence electrons. The standard InChI is InChI=1S/C35H38N8O7S2/c1-23-21-27(42(19-8-17-36)18-5-6-20-51(45,46)47)15-16-29(23)38-30-31(35(2,3)4)40-43-33(30)39-32(41-43)24-11-13-26(14-12-24)37-34(44)25-9-7-10-28(22-25)52(48,49)50/h7,9-16,21-22H,5-6,8,18-20H2,1-4H3,(H,37,44)(H,45,46,47)(H,48,49,50). The third kappa shape index (κ3) is 9.33. The Morgan fingerprint density at radius 2 is 1.73 bits per heavy atom. The van der Waals surface area contributed by atoms with E-state index in [0.717, 1.165) is 17.3 Å². The van der Waals surface area contributed by atoms with Gasteiger partial charge in [0.25, 0.3) is 26.1 Å². The number of nitrogens with one attached hydrogen (secondary N) is 1. The van der Waals surface area contributed by atoms with Crippen molar-refractivity contribution in [2.24, 2.45) is 15.5 Å². The average molecular weight is 747 g/mol. The summed E-state index contributed by atoms with van der Waals surface area (Å²) in [5, 5.41) is 21.2. The van der Waals surface area contributed by atoms with E-state index in [1.54, 1.807) is 24.3 Å². The zero-order chi connectivity index (χ0) is 37.8. The first-order valence-electron chi connectivity index (χ1n) is 16.3. The molecule has 1 amide bonds. The highest BCUT2D eigenvalue weighted by atomic mass is 32.2. The molecule has 2 heterocycles. The summed E-state index contributed by atoms with van der Waals surface area (Å²) in [5.41, 5.74) is 4.41. The first-order chi connectivity index (χ1) is 24.4. The van der Waals surface area contributed by atoms with Crippen LogP contribution in [0.3, 0.4) is 0 Å². The second-order valence-corrected chi connectivity index (χ2v) is 16.2. The number of amides is 1. The van der Waals surface area contributed by atoms with Gasteiger partial charge in [0.15, 0.2) is 5.82 Å². The Morgan fingerprint density at radius 3 is 2.37 bits per heavy atom. The Bertz CT molecular complexity index is 2320. The molecule has 15 nitrogen and oxygen atoms in total. The number of benzene rings is 3. The zero-order valence-corrected chi connectivity index (χ0v) is 30.6. The fourth-order valence-electron chi connectivity index (χ4n) is 5.43. The lowest BCUT2D eigenvalue weighted by Gasteiger charge is -2.24. The minimum Gasteiger partial charge on any atom is -0.370 e. The maximum Gasteiger partial charge on any atom is 0.294 e. The molecule has 3 aromatic carbocycles. The summed E-state index contributed by atoms with van der Waals surface area (Å²) in [6.45, 7) is 8.95. The molecule has 0 atom stereocenters. The van der Waals surface area contributed by atoms with Crippen molar-refractivity contribution in [3.63, 3.8) is 0 Å². The van der Waals surface area contributed by atoms with Crippen LogP contribution in [0, 0.1) is 23.7 Å². The van der Waals surface area contributed by atoms with Crippen molar-refractivity contribution in [2.45, 2.75) is 51.9 Å². The molecular formula is C35H38N8O7S2. The van der Waals surface area contributed by atoms with Crippen molar-refractivity contribution in [1.82, 2.24) is 14.9 Å². The second kappa shape index (κ2) is 15.1. The van der Waals surface area contributed by atoms with Crippen LogP contribution in [0.1, 0.15) is 61.8 Å². The van der Waals surface area contributed by atoms with E-state index in [-0.39, 0.29) is 22.6 Å². The predicted molar refractivity (Wildman–Crippen MR) is 197 cm³/mol.